The molecule has 0 saturated heterocycles. The Bertz CT molecular complexity index is 469. The number of nitrogens with zero attached hydrogens (tertiary/aromatic N) is 1. The van der Waals surface area contributed by atoms with Gasteiger partial charge in [0, 0.05) is 28.0 Å². The molecule has 0 atom stereocenters. The van der Waals surface area contributed by atoms with E-state index >= 15 is 0 Å². The zero-order chi connectivity index (χ0) is 9.38. The number of para-hydroxylation sites is 1. The van der Waals surface area contributed by atoms with Gasteiger partial charge in [0.2, 0.25) is 0 Å². The second-order valence-electron chi connectivity index (χ2n) is 3.30. The number of benzene rings is 1. The number of hydrogen-bond donors (Lipinski definition) is 0. The zero-order valence-electron chi connectivity index (χ0n) is 7.60. The van der Waals surface area contributed by atoms with E-state index < -0.39 is 0 Å². The Morgan fingerprint density at radius 2 is 2.14 bits per heavy atom. The lowest BCUT2D eigenvalue weighted by atomic mass is 10.1. The molecule has 1 nitrogen and oxygen atoms in total. The monoisotopic (exact) mass is 199 g/mol. The summed E-state index contributed by atoms with van der Waals surface area (Å²) in [6.07, 6.45) is 6.43. The van der Waals surface area contributed by atoms with Gasteiger partial charge in [-0.3, -0.25) is 4.99 Å². The standard InChI is InChI=1S/C12H9NS/c1-2-4-11-9(3-1)7-12-10(8-13-11)5-6-14-12/h1-5,7-8H,6H2. The fraction of sp³-hybridized carbons (Fsp3) is 0.0833. The van der Waals surface area contributed by atoms with Crippen LogP contribution < -0.4 is 0 Å². The molecule has 68 valence electrons. The van der Waals surface area contributed by atoms with E-state index in [0.29, 0.717) is 0 Å². The summed E-state index contributed by atoms with van der Waals surface area (Å²) >= 11 is 1.88. The first-order valence-corrected chi connectivity index (χ1v) is 5.60. The molecule has 1 aromatic rings. The molecular formula is C12H9NS. The van der Waals surface area contributed by atoms with Crippen LogP contribution in [0.5, 0.6) is 0 Å². The highest BCUT2D eigenvalue weighted by molar-refractivity contribution is 8.04. The minimum Gasteiger partial charge on any atom is -0.256 e. The highest BCUT2D eigenvalue weighted by Crippen LogP contribution is 2.36. The summed E-state index contributed by atoms with van der Waals surface area (Å²) in [4.78, 5) is 5.82. The van der Waals surface area contributed by atoms with Crippen molar-refractivity contribution < 1.29 is 0 Å². The first-order valence-electron chi connectivity index (χ1n) is 4.61. The van der Waals surface area contributed by atoms with Crippen molar-refractivity contribution in [3.8, 4) is 0 Å². The highest BCUT2D eigenvalue weighted by atomic mass is 32.2. The molecule has 0 aromatic heterocycles. The van der Waals surface area contributed by atoms with Gasteiger partial charge in [0.1, 0.15) is 0 Å². The maximum Gasteiger partial charge on any atom is 0.0702 e. The van der Waals surface area contributed by atoms with Crippen molar-refractivity contribution in [2.75, 3.05) is 5.75 Å². The van der Waals surface area contributed by atoms with E-state index in [9.17, 15) is 0 Å². The van der Waals surface area contributed by atoms with Crippen LogP contribution in [0.4, 0.5) is 5.69 Å². The molecule has 2 heteroatoms. The van der Waals surface area contributed by atoms with E-state index in [1.165, 1.54) is 16.0 Å². The van der Waals surface area contributed by atoms with Crippen molar-refractivity contribution in [3.05, 3.63) is 46.4 Å². The fourth-order valence-electron chi connectivity index (χ4n) is 1.65. The quantitative estimate of drug-likeness (QED) is 0.623. The Morgan fingerprint density at radius 3 is 3.14 bits per heavy atom. The largest absolute Gasteiger partial charge is 0.256 e. The van der Waals surface area contributed by atoms with Gasteiger partial charge in [0.15, 0.2) is 0 Å². The Hall–Kier alpha value is -1.28. The number of aliphatic imine (C=N–C) groups is 1. The third-order valence-electron chi connectivity index (χ3n) is 2.39. The Balaban J connectivity index is 2.22. The topological polar surface area (TPSA) is 12.4 Å². The molecule has 0 aliphatic carbocycles. The van der Waals surface area contributed by atoms with Gasteiger partial charge in [0.05, 0.1) is 5.69 Å². The van der Waals surface area contributed by atoms with Crippen molar-refractivity contribution in [3.63, 3.8) is 0 Å². The third-order valence-corrected chi connectivity index (χ3v) is 3.39. The first kappa shape index (κ1) is 8.06. The molecule has 3 rings (SSSR count). The van der Waals surface area contributed by atoms with Crippen LogP contribution in [0.25, 0.3) is 6.08 Å². The predicted molar refractivity (Wildman–Crippen MR) is 63.1 cm³/mol. The normalized spacial score (nSPS) is 18.0. The van der Waals surface area contributed by atoms with Gasteiger partial charge in [-0.2, -0.15) is 0 Å². The van der Waals surface area contributed by atoms with E-state index in [1.54, 1.807) is 0 Å². The lowest BCUT2D eigenvalue weighted by Crippen LogP contribution is -1.78. The molecule has 14 heavy (non-hydrogen) atoms. The molecule has 0 radical (unpaired) electrons. The molecule has 0 saturated carbocycles. The highest BCUT2D eigenvalue weighted by Gasteiger charge is 2.13. The van der Waals surface area contributed by atoms with Crippen molar-refractivity contribution in [2.45, 2.75) is 0 Å². The summed E-state index contributed by atoms with van der Waals surface area (Å²) in [5, 5.41) is 0. The van der Waals surface area contributed by atoms with E-state index in [-0.39, 0.29) is 0 Å². The van der Waals surface area contributed by atoms with Crippen LogP contribution in [0.2, 0.25) is 0 Å². The number of thioether (sulfide) groups is 1. The third kappa shape index (κ3) is 1.23. The average Bonchev–Trinajstić information content (AvgIpc) is 2.58. The minimum absolute atomic E-state index is 1.07. The van der Waals surface area contributed by atoms with Crippen LogP contribution in [0, 0.1) is 0 Å². The fourth-order valence-corrected chi connectivity index (χ4v) is 2.61. The smallest absolute Gasteiger partial charge is 0.0702 e. The van der Waals surface area contributed by atoms with Crippen molar-refractivity contribution in [2.24, 2.45) is 4.99 Å². The van der Waals surface area contributed by atoms with Crippen LogP contribution in [-0.4, -0.2) is 12.0 Å². The van der Waals surface area contributed by atoms with Crippen molar-refractivity contribution >= 4 is 29.7 Å². The maximum atomic E-state index is 4.47. The number of rotatable bonds is 0. The van der Waals surface area contributed by atoms with Gasteiger partial charge in [-0.1, -0.05) is 24.3 Å². The van der Waals surface area contributed by atoms with Crippen LogP contribution in [0.1, 0.15) is 5.56 Å². The van der Waals surface area contributed by atoms with Crippen molar-refractivity contribution in [1.82, 2.24) is 0 Å². The number of allylic oxidation sites excluding steroid dienone is 1. The molecule has 2 aliphatic rings. The van der Waals surface area contributed by atoms with E-state index in [0.717, 1.165) is 11.4 Å². The molecular weight excluding hydrogens is 190 g/mol. The molecule has 1 aromatic carbocycles. The van der Waals surface area contributed by atoms with Crippen molar-refractivity contribution in [1.29, 1.82) is 0 Å². The summed E-state index contributed by atoms with van der Waals surface area (Å²) in [5.41, 5.74) is 3.55. The summed E-state index contributed by atoms with van der Waals surface area (Å²) in [7, 11) is 0. The molecule has 0 fully saturated rings. The van der Waals surface area contributed by atoms with Gasteiger partial charge < -0.3 is 0 Å². The van der Waals surface area contributed by atoms with Gasteiger partial charge in [-0.05, 0) is 12.1 Å². The van der Waals surface area contributed by atoms with E-state index in [4.69, 9.17) is 0 Å². The second-order valence-corrected chi connectivity index (χ2v) is 4.36. The molecule has 0 unspecified atom stereocenters. The van der Waals surface area contributed by atoms with E-state index in [2.05, 4.69) is 35.3 Å². The summed E-state index contributed by atoms with van der Waals surface area (Å²) in [6.45, 7) is 0. The average molecular weight is 199 g/mol. The molecule has 0 amide bonds. The molecule has 0 spiro atoms. The first-order chi connectivity index (χ1) is 6.93. The van der Waals surface area contributed by atoms with E-state index in [1.807, 2.05) is 24.0 Å². The number of hydrogen-bond acceptors (Lipinski definition) is 2. The van der Waals surface area contributed by atoms with Crippen LogP contribution >= 0.6 is 11.8 Å². The lowest BCUT2D eigenvalue weighted by Gasteiger charge is -1.98. The molecule has 2 aliphatic heterocycles. The Labute approximate surface area is 87.2 Å². The SMILES string of the molecule is C1=Nc2ccccc2C=C2SCC=C12. The Kier molecular flexibility index (Phi) is 1.81. The molecule has 0 N–H and O–H groups in total. The summed E-state index contributed by atoms with van der Waals surface area (Å²) in [6, 6.07) is 8.24. The van der Waals surface area contributed by atoms with Gasteiger partial charge in [-0.15, -0.1) is 11.8 Å². The summed E-state index contributed by atoms with van der Waals surface area (Å²) < 4.78 is 0. The molecule has 0 bridgehead atoms. The Morgan fingerprint density at radius 1 is 1.21 bits per heavy atom. The minimum atomic E-state index is 1.07. The van der Waals surface area contributed by atoms with Gasteiger partial charge in [0.25, 0.3) is 0 Å². The van der Waals surface area contributed by atoms with Gasteiger partial charge >= 0.3 is 0 Å². The van der Waals surface area contributed by atoms with Gasteiger partial charge in [-0.25, -0.2) is 0 Å². The van der Waals surface area contributed by atoms with Crippen LogP contribution in [-0.2, 0) is 0 Å². The van der Waals surface area contributed by atoms with Crippen LogP contribution in [0.15, 0.2) is 45.8 Å². The predicted octanol–water partition coefficient (Wildman–Crippen LogP) is 3.42. The summed E-state index contributed by atoms with van der Waals surface area (Å²) in [5.74, 6) is 1.08. The lowest BCUT2D eigenvalue weighted by molar-refractivity contribution is 1.52. The second kappa shape index (κ2) is 3.14. The zero-order valence-corrected chi connectivity index (χ0v) is 8.42. The molecule has 2 heterocycles. The van der Waals surface area contributed by atoms with Crippen LogP contribution in [0.3, 0.4) is 0 Å². The number of fused-ring (bicyclic) bond motifs is 2. The maximum absolute atomic E-state index is 4.47.